The van der Waals surface area contributed by atoms with Crippen molar-refractivity contribution in [3.8, 4) is 0 Å². The number of nitrogens with zero attached hydrogens (tertiary/aromatic N) is 2. The number of sulfonamides is 1. The molecule has 3 N–H and O–H groups in total. The number of aromatic nitrogens is 1. The fourth-order valence-corrected chi connectivity index (χ4v) is 3.51. The van der Waals surface area contributed by atoms with Gasteiger partial charge in [0.05, 0.1) is 16.2 Å². The lowest BCUT2D eigenvalue weighted by Crippen LogP contribution is -2.35. The largest absolute Gasteiger partial charge is 0.387 e. The Balaban J connectivity index is 2.45. The third-order valence-electron chi connectivity index (χ3n) is 3.36. The predicted octanol–water partition coefficient (Wildman–Crippen LogP) is 1.43. The van der Waals surface area contributed by atoms with Crippen LogP contribution in [0.25, 0.3) is 10.9 Å². The van der Waals surface area contributed by atoms with E-state index in [2.05, 4.69) is 4.98 Å². The first-order chi connectivity index (χ1) is 9.84. The number of nitrogens with two attached hydrogens (primary N) is 1. The average Bonchev–Trinajstić information content (AvgIpc) is 2.46. The number of hydrogen-bond donors (Lipinski definition) is 2. The second-order valence-electron chi connectivity index (χ2n) is 4.97. The van der Waals surface area contributed by atoms with Crippen molar-refractivity contribution < 1.29 is 8.42 Å². The van der Waals surface area contributed by atoms with Gasteiger partial charge < -0.3 is 5.73 Å². The van der Waals surface area contributed by atoms with Gasteiger partial charge in [-0.05, 0) is 24.3 Å². The van der Waals surface area contributed by atoms with Crippen molar-refractivity contribution in [3.63, 3.8) is 0 Å². The van der Waals surface area contributed by atoms with Crippen molar-refractivity contribution in [2.45, 2.75) is 11.8 Å². The lowest BCUT2D eigenvalue weighted by molar-refractivity contribution is 0.444. The van der Waals surface area contributed by atoms with Gasteiger partial charge in [-0.25, -0.2) is 12.7 Å². The van der Waals surface area contributed by atoms with Crippen LogP contribution in [0.15, 0.2) is 41.4 Å². The van der Waals surface area contributed by atoms with Gasteiger partial charge in [0.25, 0.3) is 0 Å². The number of fused-ring (bicyclic) bond motifs is 1. The SMILES string of the molecule is CC(CN(C)S(=O)(=O)c1cccc2ncccc12)C(=N)N. The molecule has 0 saturated heterocycles. The number of rotatable bonds is 5. The first kappa shape index (κ1) is 15.4. The zero-order valence-electron chi connectivity index (χ0n) is 11.9. The maximum Gasteiger partial charge on any atom is 0.243 e. The number of pyridine rings is 1. The van der Waals surface area contributed by atoms with Gasteiger partial charge >= 0.3 is 0 Å². The van der Waals surface area contributed by atoms with E-state index in [0.29, 0.717) is 10.9 Å². The molecule has 0 fully saturated rings. The molecule has 0 aliphatic rings. The molecule has 21 heavy (non-hydrogen) atoms. The van der Waals surface area contributed by atoms with Crippen LogP contribution in [0.4, 0.5) is 0 Å². The Morgan fingerprint density at radius 3 is 2.76 bits per heavy atom. The zero-order chi connectivity index (χ0) is 15.6. The molecule has 2 aromatic rings. The van der Waals surface area contributed by atoms with Crippen LogP contribution in [0.2, 0.25) is 0 Å². The summed E-state index contributed by atoms with van der Waals surface area (Å²) in [6, 6.07) is 8.45. The van der Waals surface area contributed by atoms with Gasteiger partial charge in [0.1, 0.15) is 0 Å². The molecular weight excluding hydrogens is 288 g/mol. The third kappa shape index (κ3) is 3.03. The number of amidine groups is 1. The van der Waals surface area contributed by atoms with Gasteiger partial charge in [-0.15, -0.1) is 0 Å². The van der Waals surface area contributed by atoms with Crippen LogP contribution in [0.1, 0.15) is 6.92 Å². The van der Waals surface area contributed by atoms with E-state index in [1.807, 2.05) is 0 Å². The van der Waals surface area contributed by atoms with Crippen LogP contribution in [0.3, 0.4) is 0 Å². The van der Waals surface area contributed by atoms with Gasteiger partial charge in [-0.2, -0.15) is 0 Å². The molecule has 0 spiro atoms. The van der Waals surface area contributed by atoms with Gasteiger partial charge in [0, 0.05) is 31.1 Å². The summed E-state index contributed by atoms with van der Waals surface area (Å²) in [6.07, 6.45) is 1.63. The monoisotopic (exact) mass is 306 g/mol. The molecule has 0 aliphatic heterocycles. The second-order valence-corrected chi connectivity index (χ2v) is 6.98. The Bertz CT molecular complexity index is 768. The van der Waals surface area contributed by atoms with E-state index >= 15 is 0 Å². The predicted molar refractivity (Wildman–Crippen MR) is 82.6 cm³/mol. The molecule has 0 radical (unpaired) electrons. The lowest BCUT2D eigenvalue weighted by atomic mass is 10.2. The Morgan fingerprint density at radius 2 is 2.10 bits per heavy atom. The van der Waals surface area contributed by atoms with Crippen LogP contribution < -0.4 is 5.73 Å². The summed E-state index contributed by atoms with van der Waals surface area (Å²) in [5.41, 5.74) is 6.04. The molecule has 1 aromatic heterocycles. The van der Waals surface area contributed by atoms with E-state index in [1.54, 1.807) is 43.5 Å². The van der Waals surface area contributed by atoms with Crippen molar-refractivity contribution in [2.24, 2.45) is 11.7 Å². The standard InChI is InChI=1S/C14H18N4O2S/c1-10(14(15)16)9-18(2)21(19,20)13-7-3-6-12-11(13)5-4-8-17-12/h3-8,10H,9H2,1-2H3,(H3,15,16). The topological polar surface area (TPSA) is 100 Å². The molecule has 0 saturated carbocycles. The Labute approximate surface area is 124 Å². The average molecular weight is 306 g/mol. The molecule has 6 nitrogen and oxygen atoms in total. The van der Waals surface area contributed by atoms with E-state index < -0.39 is 10.0 Å². The molecule has 0 amide bonds. The Morgan fingerprint density at radius 1 is 1.38 bits per heavy atom. The van der Waals surface area contributed by atoms with Gasteiger partial charge in [0.15, 0.2) is 0 Å². The molecule has 2 rings (SSSR count). The molecule has 1 unspecified atom stereocenters. The van der Waals surface area contributed by atoms with Crippen molar-refractivity contribution in [3.05, 3.63) is 36.5 Å². The summed E-state index contributed by atoms with van der Waals surface area (Å²) in [7, 11) is -2.16. The number of hydrogen-bond acceptors (Lipinski definition) is 4. The first-order valence-electron chi connectivity index (χ1n) is 6.48. The summed E-state index contributed by atoms with van der Waals surface area (Å²) < 4.78 is 26.6. The van der Waals surface area contributed by atoms with Gasteiger partial charge in [-0.1, -0.05) is 13.0 Å². The molecule has 0 aliphatic carbocycles. The van der Waals surface area contributed by atoms with Crippen molar-refractivity contribution >= 4 is 26.8 Å². The summed E-state index contributed by atoms with van der Waals surface area (Å²) in [4.78, 5) is 4.38. The normalized spacial score (nSPS) is 13.5. The van der Waals surface area contributed by atoms with Crippen LogP contribution in [-0.2, 0) is 10.0 Å². The molecule has 1 heterocycles. The van der Waals surface area contributed by atoms with E-state index in [9.17, 15) is 8.42 Å². The fraction of sp³-hybridized carbons (Fsp3) is 0.286. The van der Waals surface area contributed by atoms with E-state index in [-0.39, 0.29) is 23.2 Å². The number of benzene rings is 1. The summed E-state index contributed by atoms with van der Waals surface area (Å²) in [5.74, 6) is -0.366. The van der Waals surface area contributed by atoms with E-state index in [0.717, 1.165) is 0 Å². The summed E-state index contributed by atoms with van der Waals surface area (Å²) in [5, 5.41) is 7.97. The molecule has 112 valence electrons. The summed E-state index contributed by atoms with van der Waals surface area (Å²) >= 11 is 0. The number of nitrogens with one attached hydrogen (secondary N) is 1. The van der Waals surface area contributed by atoms with Crippen molar-refractivity contribution in [2.75, 3.05) is 13.6 Å². The summed E-state index contributed by atoms with van der Waals surface area (Å²) in [6.45, 7) is 1.88. The fourth-order valence-electron chi connectivity index (χ4n) is 2.05. The molecule has 1 aromatic carbocycles. The highest BCUT2D eigenvalue weighted by Gasteiger charge is 2.25. The smallest absolute Gasteiger partial charge is 0.243 e. The van der Waals surface area contributed by atoms with Crippen molar-refractivity contribution in [1.29, 1.82) is 5.41 Å². The van der Waals surface area contributed by atoms with Crippen LogP contribution in [-0.4, -0.2) is 37.1 Å². The maximum atomic E-state index is 12.7. The minimum Gasteiger partial charge on any atom is -0.387 e. The Kier molecular flexibility index (Phi) is 4.24. The van der Waals surface area contributed by atoms with Crippen LogP contribution in [0.5, 0.6) is 0 Å². The molecule has 7 heteroatoms. The highest BCUT2D eigenvalue weighted by Crippen LogP contribution is 2.24. The minimum atomic E-state index is -3.65. The van der Waals surface area contributed by atoms with E-state index in [4.69, 9.17) is 11.1 Å². The lowest BCUT2D eigenvalue weighted by Gasteiger charge is -2.21. The highest BCUT2D eigenvalue weighted by molar-refractivity contribution is 7.89. The first-order valence-corrected chi connectivity index (χ1v) is 7.92. The third-order valence-corrected chi connectivity index (χ3v) is 5.24. The van der Waals surface area contributed by atoms with E-state index in [1.165, 1.54) is 11.4 Å². The molecule has 0 bridgehead atoms. The van der Waals surface area contributed by atoms with Crippen LogP contribution in [0, 0.1) is 11.3 Å². The quantitative estimate of drug-likeness (QED) is 0.644. The zero-order valence-corrected chi connectivity index (χ0v) is 12.8. The van der Waals surface area contributed by atoms with Gasteiger partial charge in [-0.3, -0.25) is 10.4 Å². The van der Waals surface area contributed by atoms with Crippen LogP contribution >= 0.6 is 0 Å². The second kappa shape index (κ2) is 5.79. The Hall–Kier alpha value is -1.99. The maximum absolute atomic E-state index is 12.7. The minimum absolute atomic E-state index is 0.0309. The van der Waals surface area contributed by atoms with Crippen molar-refractivity contribution in [1.82, 2.24) is 9.29 Å². The highest BCUT2D eigenvalue weighted by atomic mass is 32.2. The molecular formula is C14H18N4O2S. The van der Waals surface area contributed by atoms with Gasteiger partial charge in [0.2, 0.25) is 10.0 Å². The molecule has 1 atom stereocenters.